The Morgan fingerprint density at radius 1 is 1.10 bits per heavy atom. The van der Waals surface area contributed by atoms with Gasteiger partial charge in [0.2, 0.25) is 0 Å². The van der Waals surface area contributed by atoms with Crippen LogP contribution in [0.2, 0.25) is 0 Å². The van der Waals surface area contributed by atoms with E-state index in [9.17, 15) is 19.5 Å². The Kier molecular flexibility index (Phi) is 5.23. The number of urea groups is 1. The van der Waals surface area contributed by atoms with Crippen LogP contribution in [0.4, 0.5) is 10.5 Å². The van der Waals surface area contributed by atoms with Crippen LogP contribution < -0.4 is 5.32 Å². The molecular weight excluding hydrogens is 370 g/mol. The Hall–Kier alpha value is -2.57. The maximum atomic E-state index is 12.9. The molecule has 1 aliphatic carbocycles. The summed E-state index contributed by atoms with van der Waals surface area (Å²) in [7, 11) is 0. The molecule has 2 heterocycles. The molecule has 1 saturated carbocycles. The summed E-state index contributed by atoms with van der Waals surface area (Å²) in [4.78, 5) is 41.0. The number of rotatable bonds is 3. The van der Waals surface area contributed by atoms with Gasteiger partial charge in [0.15, 0.2) is 0 Å². The van der Waals surface area contributed by atoms with Crippen molar-refractivity contribution in [2.75, 3.05) is 31.5 Å². The number of hydrogen-bond donors (Lipinski definition) is 2. The summed E-state index contributed by atoms with van der Waals surface area (Å²) in [6.07, 6.45) is 5.62. The topological polar surface area (TPSA) is 90.0 Å². The van der Waals surface area contributed by atoms with Crippen LogP contribution in [0.5, 0.6) is 0 Å². The lowest BCUT2D eigenvalue weighted by atomic mass is 9.81. The van der Waals surface area contributed by atoms with E-state index < -0.39 is 11.4 Å². The van der Waals surface area contributed by atoms with Crippen LogP contribution in [0.25, 0.3) is 0 Å². The molecule has 1 aromatic rings. The molecule has 0 aromatic heterocycles. The maximum absolute atomic E-state index is 12.9. The third kappa shape index (κ3) is 3.58. The Morgan fingerprint density at radius 3 is 2.55 bits per heavy atom. The van der Waals surface area contributed by atoms with Crippen LogP contribution in [0.3, 0.4) is 0 Å². The van der Waals surface area contributed by atoms with Crippen LogP contribution in [-0.2, 0) is 4.79 Å². The predicted molar refractivity (Wildman–Crippen MR) is 109 cm³/mol. The summed E-state index contributed by atoms with van der Waals surface area (Å²) in [5.74, 6) is -0.751. The molecular formula is C22H29N3O4. The average molecular weight is 399 g/mol. The molecule has 0 spiro atoms. The van der Waals surface area contributed by atoms with Gasteiger partial charge in [0.25, 0.3) is 5.91 Å². The second kappa shape index (κ2) is 7.69. The van der Waals surface area contributed by atoms with Gasteiger partial charge in [-0.15, -0.1) is 0 Å². The SMILES string of the molecule is Cc1ccc(NC(=O)N2C[C@@H]3CCC[C@@]3(C(=O)O)C2)cc1C(=O)N1CCCCC1. The van der Waals surface area contributed by atoms with Crippen LogP contribution >= 0.6 is 0 Å². The summed E-state index contributed by atoms with van der Waals surface area (Å²) in [5, 5.41) is 12.6. The van der Waals surface area contributed by atoms with E-state index in [0.29, 0.717) is 24.2 Å². The van der Waals surface area contributed by atoms with Crippen LogP contribution in [0.1, 0.15) is 54.4 Å². The van der Waals surface area contributed by atoms with Crippen molar-refractivity contribution in [3.63, 3.8) is 0 Å². The largest absolute Gasteiger partial charge is 0.481 e. The minimum Gasteiger partial charge on any atom is -0.481 e. The number of likely N-dealkylation sites (tertiary alicyclic amines) is 2. The van der Waals surface area contributed by atoms with Crippen molar-refractivity contribution < 1.29 is 19.5 Å². The molecule has 3 fully saturated rings. The number of aryl methyl sites for hydroxylation is 1. The summed E-state index contributed by atoms with van der Waals surface area (Å²) < 4.78 is 0. The molecule has 7 nitrogen and oxygen atoms in total. The van der Waals surface area contributed by atoms with Gasteiger partial charge in [0.05, 0.1) is 5.41 Å². The lowest BCUT2D eigenvalue weighted by Gasteiger charge is -2.27. The summed E-state index contributed by atoms with van der Waals surface area (Å²) in [6, 6.07) is 5.10. The molecule has 4 rings (SSSR count). The third-order valence-corrected chi connectivity index (χ3v) is 6.95. The summed E-state index contributed by atoms with van der Waals surface area (Å²) in [5.41, 5.74) is 1.28. The molecule has 2 atom stereocenters. The maximum Gasteiger partial charge on any atom is 0.321 e. The van der Waals surface area contributed by atoms with Crippen LogP contribution in [-0.4, -0.2) is 59.0 Å². The molecule has 156 valence electrons. The number of amides is 3. The zero-order valence-corrected chi connectivity index (χ0v) is 16.9. The molecule has 0 bridgehead atoms. The normalized spacial score (nSPS) is 26.3. The molecule has 2 saturated heterocycles. The van der Waals surface area contributed by atoms with E-state index in [1.54, 1.807) is 17.0 Å². The zero-order chi connectivity index (χ0) is 20.6. The predicted octanol–water partition coefficient (Wildman–Crippen LogP) is 3.34. The fourth-order valence-corrected chi connectivity index (χ4v) is 5.19. The first-order chi connectivity index (χ1) is 13.9. The highest BCUT2D eigenvalue weighted by Crippen LogP contribution is 2.48. The number of hydrogen-bond acceptors (Lipinski definition) is 3. The van der Waals surface area contributed by atoms with Crippen molar-refractivity contribution in [1.82, 2.24) is 9.80 Å². The van der Waals surface area contributed by atoms with Crippen molar-refractivity contribution in [2.24, 2.45) is 11.3 Å². The quantitative estimate of drug-likeness (QED) is 0.816. The number of fused-ring (bicyclic) bond motifs is 1. The molecule has 3 aliphatic rings. The smallest absolute Gasteiger partial charge is 0.321 e. The number of nitrogens with zero attached hydrogens (tertiary/aromatic N) is 2. The number of carbonyl (C=O) groups excluding carboxylic acids is 2. The van der Waals surface area contributed by atoms with Crippen molar-refractivity contribution in [3.05, 3.63) is 29.3 Å². The lowest BCUT2D eigenvalue weighted by Crippen LogP contribution is -2.38. The van der Waals surface area contributed by atoms with E-state index in [2.05, 4.69) is 5.32 Å². The van der Waals surface area contributed by atoms with E-state index in [0.717, 1.165) is 50.8 Å². The van der Waals surface area contributed by atoms with Crippen LogP contribution in [0.15, 0.2) is 18.2 Å². The Labute approximate surface area is 171 Å². The first-order valence-corrected chi connectivity index (χ1v) is 10.6. The fraction of sp³-hybridized carbons (Fsp3) is 0.591. The van der Waals surface area contributed by atoms with Gasteiger partial charge in [-0.3, -0.25) is 9.59 Å². The number of nitrogens with one attached hydrogen (secondary N) is 1. The number of anilines is 1. The number of carboxylic acid groups (broad SMARTS) is 1. The van der Waals surface area contributed by atoms with E-state index in [4.69, 9.17) is 0 Å². The first-order valence-electron chi connectivity index (χ1n) is 10.6. The molecule has 1 aromatic carbocycles. The minimum atomic E-state index is -0.792. The average Bonchev–Trinajstić information content (AvgIpc) is 3.28. The lowest BCUT2D eigenvalue weighted by molar-refractivity contribution is -0.149. The highest BCUT2D eigenvalue weighted by molar-refractivity contribution is 5.98. The monoisotopic (exact) mass is 399 g/mol. The molecule has 3 amide bonds. The molecule has 2 aliphatic heterocycles. The standard InChI is InChI=1S/C22H29N3O4/c1-15-7-8-17(12-18(15)19(26)24-10-3-2-4-11-24)23-21(29)25-13-16-6-5-9-22(16,14-25)20(27)28/h7-8,12,16H,2-6,9-11,13-14H2,1H3,(H,23,29)(H,27,28)/t16-,22+/m0/s1. The molecule has 7 heteroatoms. The number of carbonyl (C=O) groups is 3. The number of aliphatic carboxylic acids is 1. The van der Waals surface area contributed by atoms with Gasteiger partial charge in [-0.1, -0.05) is 12.5 Å². The van der Waals surface area contributed by atoms with Crippen molar-refractivity contribution >= 4 is 23.6 Å². The van der Waals surface area contributed by atoms with Gasteiger partial charge in [-0.05, 0) is 62.6 Å². The Morgan fingerprint density at radius 2 is 1.86 bits per heavy atom. The van der Waals surface area contributed by atoms with Crippen molar-refractivity contribution in [1.29, 1.82) is 0 Å². The van der Waals surface area contributed by atoms with Gasteiger partial charge >= 0.3 is 12.0 Å². The molecule has 0 radical (unpaired) electrons. The van der Waals surface area contributed by atoms with E-state index in [1.807, 2.05) is 17.9 Å². The third-order valence-electron chi connectivity index (χ3n) is 6.95. The van der Waals surface area contributed by atoms with Crippen LogP contribution in [0, 0.1) is 18.3 Å². The van der Waals surface area contributed by atoms with Crippen molar-refractivity contribution in [2.45, 2.75) is 45.4 Å². The summed E-state index contributed by atoms with van der Waals surface area (Å²) >= 11 is 0. The fourth-order valence-electron chi connectivity index (χ4n) is 5.19. The van der Waals surface area contributed by atoms with Gasteiger partial charge < -0.3 is 20.2 Å². The highest BCUT2D eigenvalue weighted by Gasteiger charge is 2.55. The van der Waals surface area contributed by atoms with Gasteiger partial charge in [0, 0.05) is 37.4 Å². The van der Waals surface area contributed by atoms with E-state index >= 15 is 0 Å². The molecule has 0 unspecified atom stereocenters. The van der Waals surface area contributed by atoms with E-state index in [1.165, 1.54) is 0 Å². The van der Waals surface area contributed by atoms with Gasteiger partial charge in [-0.25, -0.2) is 4.79 Å². The number of piperidine rings is 1. The highest BCUT2D eigenvalue weighted by atomic mass is 16.4. The Balaban J connectivity index is 1.46. The second-order valence-corrected chi connectivity index (χ2v) is 8.74. The zero-order valence-electron chi connectivity index (χ0n) is 16.9. The Bertz CT molecular complexity index is 833. The number of benzene rings is 1. The molecule has 2 N–H and O–H groups in total. The minimum absolute atomic E-state index is 0.0128. The van der Waals surface area contributed by atoms with Gasteiger partial charge in [0.1, 0.15) is 0 Å². The second-order valence-electron chi connectivity index (χ2n) is 8.74. The summed E-state index contributed by atoms with van der Waals surface area (Å²) in [6.45, 7) is 4.19. The van der Waals surface area contributed by atoms with Gasteiger partial charge in [-0.2, -0.15) is 0 Å². The first kappa shape index (κ1) is 19.7. The van der Waals surface area contributed by atoms with E-state index in [-0.39, 0.29) is 24.4 Å². The number of carboxylic acids is 1. The molecule has 29 heavy (non-hydrogen) atoms. The van der Waals surface area contributed by atoms with Crippen molar-refractivity contribution in [3.8, 4) is 0 Å².